The number of benzene rings is 2. The molecule has 0 radical (unpaired) electrons. The number of nitrogens with one attached hydrogen (secondary N) is 2. The number of anilines is 3. The molecule has 1 unspecified atom stereocenters. The van der Waals surface area contributed by atoms with E-state index >= 15 is 0 Å². The van der Waals surface area contributed by atoms with E-state index in [-0.39, 0.29) is 12.1 Å². The first-order chi connectivity index (χ1) is 12.8. The zero-order valence-electron chi connectivity index (χ0n) is 14.5. The van der Waals surface area contributed by atoms with Crippen molar-refractivity contribution < 1.29 is 5.11 Å². The zero-order chi connectivity index (χ0) is 17.8. The van der Waals surface area contributed by atoms with Crippen LogP contribution in [-0.4, -0.2) is 27.2 Å². The van der Waals surface area contributed by atoms with Gasteiger partial charge in [0.15, 0.2) is 5.82 Å². The van der Waals surface area contributed by atoms with Gasteiger partial charge in [0.2, 0.25) is 0 Å². The number of para-hydroxylation sites is 1. The monoisotopic (exact) mass is 346 g/mol. The Hall–Kier alpha value is -2.92. The van der Waals surface area contributed by atoms with Gasteiger partial charge in [0.25, 0.3) is 0 Å². The lowest BCUT2D eigenvalue weighted by atomic mass is 10.2. The van der Waals surface area contributed by atoms with Gasteiger partial charge in [0, 0.05) is 23.4 Å². The molecule has 1 aliphatic carbocycles. The van der Waals surface area contributed by atoms with Crippen LogP contribution in [0, 0.1) is 0 Å². The average Bonchev–Trinajstić information content (AvgIpc) is 3.08. The van der Waals surface area contributed by atoms with Crippen molar-refractivity contribution in [3.63, 3.8) is 0 Å². The highest BCUT2D eigenvalue weighted by Crippen LogP contribution is 2.26. The SMILES string of the molecule is O[C@@H]1CCC(Nc2cc(Nc3ccccc3)nc(-c3ccccc3)n2)C1. The third-order valence-corrected chi connectivity index (χ3v) is 4.56. The third-order valence-electron chi connectivity index (χ3n) is 4.56. The van der Waals surface area contributed by atoms with E-state index in [1.54, 1.807) is 0 Å². The van der Waals surface area contributed by atoms with E-state index in [1.165, 1.54) is 0 Å². The fourth-order valence-electron chi connectivity index (χ4n) is 3.27. The smallest absolute Gasteiger partial charge is 0.163 e. The molecule has 26 heavy (non-hydrogen) atoms. The molecule has 3 N–H and O–H groups in total. The van der Waals surface area contributed by atoms with E-state index in [0.717, 1.165) is 42.1 Å². The minimum Gasteiger partial charge on any atom is -0.393 e. The van der Waals surface area contributed by atoms with E-state index in [0.29, 0.717) is 5.82 Å². The van der Waals surface area contributed by atoms with Crippen LogP contribution >= 0.6 is 0 Å². The molecule has 5 nitrogen and oxygen atoms in total. The normalized spacial score (nSPS) is 19.3. The second-order valence-corrected chi connectivity index (χ2v) is 6.63. The van der Waals surface area contributed by atoms with Crippen LogP contribution in [0.1, 0.15) is 19.3 Å². The van der Waals surface area contributed by atoms with Crippen LogP contribution in [0.4, 0.5) is 17.3 Å². The highest BCUT2D eigenvalue weighted by Gasteiger charge is 2.23. The Morgan fingerprint density at radius 3 is 2.23 bits per heavy atom. The number of aromatic nitrogens is 2. The molecule has 0 bridgehead atoms. The Labute approximate surface area is 153 Å². The van der Waals surface area contributed by atoms with Crippen molar-refractivity contribution in [2.45, 2.75) is 31.4 Å². The summed E-state index contributed by atoms with van der Waals surface area (Å²) in [6, 6.07) is 22.1. The Balaban J connectivity index is 1.65. The first kappa shape index (κ1) is 16.5. The number of hydrogen-bond acceptors (Lipinski definition) is 5. The van der Waals surface area contributed by atoms with E-state index in [2.05, 4.69) is 20.6 Å². The van der Waals surface area contributed by atoms with Crippen LogP contribution in [0.5, 0.6) is 0 Å². The molecule has 132 valence electrons. The van der Waals surface area contributed by atoms with Crippen molar-refractivity contribution in [3.8, 4) is 11.4 Å². The highest BCUT2D eigenvalue weighted by molar-refractivity contribution is 5.65. The molecule has 0 saturated heterocycles. The molecule has 2 aromatic carbocycles. The fourth-order valence-corrected chi connectivity index (χ4v) is 3.27. The van der Waals surface area contributed by atoms with Crippen LogP contribution in [0.15, 0.2) is 66.7 Å². The second-order valence-electron chi connectivity index (χ2n) is 6.63. The van der Waals surface area contributed by atoms with Gasteiger partial charge in [-0.25, -0.2) is 9.97 Å². The first-order valence-electron chi connectivity index (χ1n) is 8.97. The van der Waals surface area contributed by atoms with Crippen molar-refractivity contribution in [2.24, 2.45) is 0 Å². The quantitative estimate of drug-likeness (QED) is 0.645. The first-order valence-corrected chi connectivity index (χ1v) is 8.97. The van der Waals surface area contributed by atoms with Gasteiger partial charge in [-0.3, -0.25) is 0 Å². The molecule has 1 aliphatic rings. The molecule has 1 saturated carbocycles. The van der Waals surface area contributed by atoms with Crippen LogP contribution in [0.3, 0.4) is 0 Å². The van der Waals surface area contributed by atoms with Gasteiger partial charge in [-0.1, -0.05) is 48.5 Å². The molecular weight excluding hydrogens is 324 g/mol. The van der Waals surface area contributed by atoms with Crippen LogP contribution in [-0.2, 0) is 0 Å². The van der Waals surface area contributed by atoms with E-state index in [1.807, 2.05) is 66.7 Å². The van der Waals surface area contributed by atoms with Gasteiger partial charge in [0.1, 0.15) is 11.6 Å². The zero-order valence-corrected chi connectivity index (χ0v) is 14.5. The summed E-state index contributed by atoms with van der Waals surface area (Å²) in [6.07, 6.45) is 2.33. The minimum absolute atomic E-state index is 0.218. The Kier molecular flexibility index (Phi) is 4.80. The lowest BCUT2D eigenvalue weighted by molar-refractivity contribution is 0.182. The van der Waals surface area contributed by atoms with Gasteiger partial charge in [0.05, 0.1) is 6.10 Å². The summed E-state index contributed by atoms with van der Waals surface area (Å²) >= 11 is 0. The van der Waals surface area contributed by atoms with E-state index in [9.17, 15) is 5.11 Å². The van der Waals surface area contributed by atoms with Gasteiger partial charge < -0.3 is 15.7 Å². The van der Waals surface area contributed by atoms with Crippen molar-refractivity contribution in [1.29, 1.82) is 0 Å². The number of rotatable bonds is 5. The largest absolute Gasteiger partial charge is 0.393 e. The molecular formula is C21H22N4O. The molecule has 2 atom stereocenters. The number of aliphatic hydroxyl groups is 1. The van der Waals surface area contributed by atoms with Crippen molar-refractivity contribution in [1.82, 2.24) is 9.97 Å². The average molecular weight is 346 g/mol. The molecule has 1 fully saturated rings. The van der Waals surface area contributed by atoms with Gasteiger partial charge in [-0.2, -0.15) is 0 Å². The van der Waals surface area contributed by atoms with Crippen molar-refractivity contribution in [2.75, 3.05) is 10.6 Å². The van der Waals surface area contributed by atoms with Gasteiger partial charge >= 0.3 is 0 Å². The highest BCUT2D eigenvalue weighted by atomic mass is 16.3. The van der Waals surface area contributed by atoms with E-state index in [4.69, 9.17) is 0 Å². The molecule has 0 aliphatic heterocycles. The van der Waals surface area contributed by atoms with Gasteiger partial charge in [-0.15, -0.1) is 0 Å². The maximum absolute atomic E-state index is 9.77. The molecule has 3 aromatic rings. The summed E-state index contributed by atoms with van der Waals surface area (Å²) in [5.74, 6) is 2.19. The maximum atomic E-state index is 9.77. The van der Waals surface area contributed by atoms with Crippen molar-refractivity contribution in [3.05, 3.63) is 66.7 Å². The lowest BCUT2D eigenvalue weighted by Gasteiger charge is -2.15. The summed E-state index contributed by atoms with van der Waals surface area (Å²) in [4.78, 5) is 9.37. The molecule has 0 amide bonds. The van der Waals surface area contributed by atoms with Crippen LogP contribution in [0.25, 0.3) is 11.4 Å². The van der Waals surface area contributed by atoms with Crippen LogP contribution < -0.4 is 10.6 Å². The van der Waals surface area contributed by atoms with Crippen LogP contribution in [0.2, 0.25) is 0 Å². The fraction of sp³-hybridized carbons (Fsp3) is 0.238. The molecule has 0 spiro atoms. The Morgan fingerprint density at radius 1 is 0.846 bits per heavy atom. The van der Waals surface area contributed by atoms with Crippen molar-refractivity contribution >= 4 is 17.3 Å². The Morgan fingerprint density at radius 2 is 1.54 bits per heavy atom. The summed E-state index contributed by atoms with van der Waals surface area (Å²) in [7, 11) is 0. The minimum atomic E-state index is -0.218. The number of nitrogens with zero attached hydrogens (tertiary/aromatic N) is 2. The molecule has 5 heteroatoms. The van der Waals surface area contributed by atoms with Gasteiger partial charge in [-0.05, 0) is 31.4 Å². The standard InChI is InChI=1S/C21H22N4O/c26-18-12-11-17(13-18)23-20-14-19(22-16-9-5-2-6-10-16)24-21(25-20)15-7-3-1-4-8-15/h1-10,14,17-18,26H,11-13H2,(H2,22,23,24,25)/t17?,18-/m1/s1. The second kappa shape index (κ2) is 7.54. The number of hydrogen-bond donors (Lipinski definition) is 3. The topological polar surface area (TPSA) is 70.1 Å². The lowest BCUT2D eigenvalue weighted by Crippen LogP contribution is -2.18. The summed E-state index contributed by atoms with van der Waals surface area (Å²) < 4.78 is 0. The maximum Gasteiger partial charge on any atom is 0.163 e. The summed E-state index contributed by atoms with van der Waals surface area (Å²) in [5.41, 5.74) is 1.95. The third kappa shape index (κ3) is 4.00. The summed E-state index contributed by atoms with van der Waals surface area (Å²) in [5, 5.41) is 16.6. The summed E-state index contributed by atoms with van der Waals surface area (Å²) in [6.45, 7) is 0. The van der Waals surface area contributed by atoms with E-state index < -0.39 is 0 Å². The number of aliphatic hydroxyl groups excluding tert-OH is 1. The predicted octanol–water partition coefficient (Wildman–Crippen LogP) is 4.21. The molecule has 1 aromatic heterocycles. The predicted molar refractivity (Wildman–Crippen MR) is 104 cm³/mol. The molecule has 1 heterocycles. The molecule has 4 rings (SSSR count). The Bertz CT molecular complexity index is 854.